The molecule has 32 heavy (non-hydrogen) atoms. The maximum absolute atomic E-state index is 4.82. The predicted octanol–water partition coefficient (Wildman–Crippen LogP) is 8.17. The van der Waals surface area contributed by atoms with E-state index in [4.69, 9.17) is 4.99 Å². The molecule has 0 spiro atoms. The molecule has 0 aliphatic heterocycles. The molecule has 1 heterocycles. The monoisotopic (exact) mass is 524 g/mol. The normalized spacial score (nSPS) is 11.2. The van der Waals surface area contributed by atoms with Crippen molar-refractivity contribution in [2.45, 2.75) is 0 Å². The molecule has 0 amide bonds. The van der Waals surface area contributed by atoms with Crippen molar-refractivity contribution >= 4 is 34.5 Å². The summed E-state index contributed by atoms with van der Waals surface area (Å²) < 4.78 is 3.51. The molecular formula is C29H21IN2. The summed E-state index contributed by atoms with van der Waals surface area (Å²) in [5.41, 5.74) is 7.75. The van der Waals surface area contributed by atoms with E-state index in [0.29, 0.717) is 0 Å². The van der Waals surface area contributed by atoms with Crippen LogP contribution in [0, 0.1) is 3.57 Å². The number of aliphatic imine (C=N–C) groups is 1. The lowest BCUT2D eigenvalue weighted by atomic mass is 10.1. The van der Waals surface area contributed by atoms with Crippen LogP contribution in [0.1, 0.15) is 5.56 Å². The summed E-state index contributed by atoms with van der Waals surface area (Å²) >= 11 is 2.32. The van der Waals surface area contributed by atoms with Gasteiger partial charge in [-0.1, -0.05) is 84.9 Å². The number of nitrogens with zero attached hydrogens (tertiary/aromatic N) is 2. The first-order chi connectivity index (χ1) is 15.8. The maximum atomic E-state index is 4.82. The van der Waals surface area contributed by atoms with Gasteiger partial charge in [-0.25, -0.2) is 0 Å². The van der Waals surface area contributed by atoms with Gasteiger partial charge in [0.05, 0.1) is 17.1 Å². The Morgan fingerprint density at radius 1 is 0.625 bits per heavy atom. The summed E-state index contributed by atoms with van der Waals surface area (Å²) in [6, 6.07) is 42.1. The Balaban J connectivity index is 1.77. The highest BCUT2D eigenvalue weighted by Gasteiger charge is 2.18. The van der Waals surface area contributed by atoms with Crippen LogP contribution < -0.4 is 0 Å². The molecule has 0 unspecified atom stereocenters. The second-order valence-electron chi connectivity index (χ2n) is 7.47. The Hall–Kier alpha value is -3.44. The first-order valence-corrected chi connectivity index (χ1v) is 11.6. The van der Waals surface area contributed by atoms with Crippen molar-refractivity contribution in [1.29, 1.82) is 0 Å². The fourth-order valence-corrected chi connectivity index (χ4v) is 4.41. The summed E-state index contributed by atoms with van der Waals surface area (Å²) in [7, 11) is 0. The van der Waals surface area contributed by atoms with E-state index in [1.807, 2.05) is 18.3 Å². The standard InChI is InChI=1S/C29H21IN2/c30-25-15-10-16-26(20-25)31-21-24-19-28(22-11-4-1-5-12-22)32(27-17-8-3-9-18-27)29(24)23-13-6-2-7-14-23/h1-21H. The average molecular weight is 524 g/mol. The average Bonchev–Trinajstić information content (AvgIpc) is 3.24. The lowest BCUT2D eigenvalue weighted by Crippen LogP contribution is -2.00. The zero-order valence-electron chi connectivity index (χ0n) is 17.4. The maximum Gasteiger partial charge on any atom is 0.0640 e. The Morgan fingerprint density at radius 3 is 1.91 bits per heavy atom. The Bertz CT molecular complexity index is 1350. The molecule has 3 heteroatoms. The van der Waals surface area contributed by atoms with Gasteiger partial charge in [0.25, 0.3) is 0 Å². The molecule has 5 rings (SSSR count). The van der Waals surface area contributed by atoms with Crippen LogP contribution in [0.5, 0.6) is 0 Å². The van der Waals surface area contributed by atoms with Crippen molar-refractivity contribution in [2.75, 3.05) is 0 Å². The fourth-order valence-electron chi connectivity index (χ4n) is 3.89. The summed E-state index contributed by atoms with van der Waals surface area (Å²) in [5, 5.41) is 0. The van der Waals surface area contributed by atoms with Gasteiger partial charge in [-0.15, -0.1) is 0 Å². The number of hydrogen-bond donors (Lipinski definition) is 0. The van der Waals surface area contributed by atoms with Crippen LogP contribution in [0.3, 0.4) is 0 Å². The molecule has 0 fully saturated rings. The molecule has 0 aliphatic rings. The molecule has 4 aromatic carbocycles. The zero-order chi connectivity index (χ0) is 21.8. The van der Waals surface area contributed by atoms with Crippen LogP contribution in [-0.2, 0) is 0 Å². The van der Waals surface area contributed by atoms with E-state index in [2.05, 4.69) is 136 Å². The highest BCUT2D eigenvalue weighted by Crippen LogP contribution is 2.35. The SMILES string of the molecule is Ic1cccc(N=Cc2cc(-c3ccccc3)n(-c3ccccc3)c2-c2ccccc2)c1. The van der Waals surface area contributed by atoms with Gasteiger partial charge >= 0.3 is 0 Å². The number of aromatic nitrogens is 1. The lowest BCUT2D eigenvalue weighted by molar-refractivity contribution is 1.09. The highest BCUT2D eigenvalue weighted by molar-refractivity contribution is 14.1. The van der Waals surface area contributed by atoms with Crippen LogP contribution in [0.25, 0.3) is 28.2 Å². The minimum atomic E-state index is 0.949. The van der Waals surface area contributed by atoms with Gasteiger partial charge < -0.3 is 4.57 Å². The molecule has 1 aromatic heterocycles. The third-order valence-electron chi connectivity index (χ3n) is 5.32. The molecule has 0 aliphatic carbocycles. The molecule has 2 nitrogen and oxygen atoms in total. The first-order valence-electron chi connectivity index (χ1n) is 10.5. The minimum Gasteiger partial charge on any atom is -0.309 e. The van der Waals surface area contributed by atoms with Gasteiger partial charge in [0.1, 0.15) is 0 Å². The summed E-state index contributed by atoms with van der Waals surface area (Å²) in [6.07, 6.45) is 1.99. The second kappa shape index (κ2) is 9.37. The van der Waals surface area contributed by atoms with E-state index in [1.165, 1.54) is 9.13 Å². The smallest absolute Gasteiger partial charge is 0.0640 e. The molecule has 0 N–H and O–H groups in total. The lowest BCUT2D eigenvalue weighted by Gasteiger charge is -2.15. The van der Waals surface area contributed by atoms with Crippen molar-refractivity contribution in [3.8, 4) is 28.2 Å². The number of halogens is 1. The molecule has 0 radical (unpaired) electrons. The first kappa shape index (κ1) is 20.5. The summed E-state index contributed by atoms with van der Waals surface area (Å²) in [4.78, 5) is 4.82. The van der Waals surface area contributed by atoms with Crippen molar-refractivity contribution in [3.63, 3.8) is 0 Å². The van der Waals surface area contributed by atoms with Crippen molar-refractivity contribution in [3.05, 3.63) is 130 Å². The van der Waals surface area contributed by atoms with Gasteiger partial charge in [-0.2, -0.15) is 0 Å². The molecule has 5 aromatic rings. The van der Waals surface area contributed by atoms with Crippen molar-refractivity contribution < 1.29 is 0 Å². The third kappa shape index (κ3) is 4.30. The van der Waals surface area contributed by atoms with E-state index in [-0.39, 0.29) is 0 Å². The molecule has 0 saturated heterocycles. The number of hydrogen-bond acceptors (Lipinski definition) is 1. The van der Waals surface area contributed by atoms with Gasteiger partial charge in [0.2, 0.25) is 0 Å². The summed E-state index contributed by atoms with van der Waals surface area (Å²) in [5.74, 6) is 0. The van der Waals surface area contributed by atoms with E-state index >= 15 is 0 Å². The van der Waals surface area contributed by atoms with Crippen LogP contribution >= 0.6 is 22.6 Å². The van der Waals surface area contributed by atoms with E-state index in [0.717, 1.165) is 33.9 Å². The molecular weight excluding hydrogens is 503 g/mol. The van der Waals surface area contributed by atoms with Crippen LogP contribution in [0.2, 0.25) is 0 Å². The Labute approximate surface area is 202 Å². The van der Waals surface area contributed by atoms with Crippen LogP contribution in [0.4, 0.5) is 5.69 Å². The number of rotatable bonds is 5. The van der Waals surface area contributed by atoms with E-state index in [1.54, 1.807) is 0 Å². The Morgan fingerprint density at radius 2 is 1.25 bits per heavy atom. The minimum absolute atomic E-state index is 0.949. The van der Waals surface area contributed by atoms with E-state index in [9.17, 15) is 0 Å². The van der Waals surface area contributed by atoms with Gasteiger partial charge in [-0.05, 0) is 70.1 Å². The van der Waals surface area contributed by atoms with Gasteiger partial charge in [0, 0.05) is 21.0 Å². The fraction of sp³-hybridized carbons (Fsp3) is 0. The van der Waals surface area contributed by atoms with Crippen molar-refractivity contribution in [1.82, 2.24) is 4.57 Å². The van der Waals surface area contributed by atoms with E-state index < -0.39 is 0 Å². The topological polar surface area (TPSA) is 17.3 Å². The highest BCUT2D eigenvalue weighted by atomic mass is 127. The molecule has 0 atom stereocenters. The number of benzene rings is 4. The third-order valence-corrected chi connectivity index (χ3v) is 5.99. The Kier molecular flexibility index (Phi) is 5.99. The van der Waals surface area contributed by atoms with Gasteiger partial charge in [0.15, 0.2) is 0 Å². The van der Waals surface area contributed by atoms with Crippen molar-refractivity contribution in [2.24, 2.45) is 4.99 Å². The van der Waals surface area contributed by atoms with Crippen LogP contribution in [-0.4, -0.2) is 10.8 Å². The molecule has 0 saturated carbocycles. The molecule has 0 bridgehead atoms. The number of para-hydroxylation sites is 1. The zero-order valence-corrected chi connectivity index (χ0v) is 19.6. The predicted molar refractivity (Wildman–Crippen MR) is 143 cm³/mol. The van der Waals surface area contributed by atoms with Gasteiger partial charge in [-0.3, -0.25) is 4.99 Å². The second-order valence-corrected chi connectivity index (χ2v) is 8.72. The quantitative estimate of drug-likeness (QED) is 0.163. The largest absolute Gasteiger partial charge is 0.309 e. The van der Waals surface area contributed by atoms with Crippen LogP contribution in [0.15, 0.2) is 126 Å². The summed E-state index contributed by atoms with van der Waals surface area (Å²) in [6.45, 7) is 0. The molecule has 154 valence electrons.